The van der Waals surface area contributed by atoms with Crippen molar-refractivity contribution >= 4 is 33.5 Å². The lowest BCUT2D eigenvalue weighted by atomic mass is 10.1. The number of epoxide rings is 2. The van der Waals surface area contributed by atoms with Crippen LogP contribution in [0.5, 0.6) is 0 Å². The molecule has 0 radical (unpaired) electrons. The second-order valence-corrected chi connectivity index (χ2v) is 7.61. The lowest BCUT2D eigenvalue weighted by molar-refractivity contribution is -0.145. The molecule has 0 bridgehead atoms. The molecule has 0 N–H and O–H groups in total. The average molecular weight is 444 g/mol. The predicted molar refractivity (Wildman–Crippen MR) is 106 cm³/mol. The minimum absolute atomic E-state index is 0.0330. The smallest absolute Gasteiger partial charge is 0.326 e. The van der Waals surface area contributed by atoms with Gasteiger partial charge in [0.2, 0.25) is 0 Å². The van der Waals surface area contributed by atoms with Crippen molar-refractivity contribution in [3.05, 3.63) is 53.5 Å². The van der Waals surface area contributed by atoms with Crippen LogP contribution >= 0.6 is 0 Å². The molecule has 0 saturated carbocycles. The van der Waals surface area contributed by atoms with Gasteiger partial charge in [-0.15, -0.1) is 0 Å². The Labute approximate surface area is 177 Å². The molecular weight excluding hydrogens is 428 g/mol. The van der Waals surface area contributed by atoms with E-state index in [1.807, 2.05) is 0 Å². The number of rotatable bonds is 8. The molecule has 2 atom stereocenters. The van der Waals surface area contributed by atoms with Crippen molar-refractivity contribution in [2.75, 3.05) is 26.4 Å². The van der Waals surface area contributed by atoms with Crippen LogP contribution in [0.4, 0.5) is 0 Å². The molecule has 2 aromatic heterocycles. The Morgan fingerprint density at radius 3 is 1.31 bits per heavy atom. The van der Waals surface area contributed by atoms with E-state index >= 15 is 0 Å². The van der Waals surface area contributed by atoms with Crippen molar-refractivity contribution in [2.45, 2.75) is 25.3 Å². The van der Waals surface area contributed by atoms with E-state index in [-0.39, 0.29) is 47.0 Å². The molecule has 2 aliphatic heterocycles. The molecule has 5 rings (SSSR count). The van der Waals surface area contributed by atoms with E-state index in [1.54, 1.807) is 0 Å². The zero-order chi connectivity index (χ0) is 22.6. The fourth-order valence-corrected chi connectivity index (χ4v) is 3.41. The van der Waals surface area contributed by atoms with Crippen LogP contribution < -0.4 is 22.2 Å². The third-order valence-electron chi connectivity index (χ3n) is 5.30. The third kappa shape index (κ3) is 3.63. The molecule has 0 spiro atoms. The van der Waals surface area contributed by atoms with Crippen LogP contribution in [0.15, 0.2) is 31.3 Å². The Kier molecular flexibility index (Phi) is 4.75. The predicted octanol–water partition coefficient (Wildman–Crippen LogP) is -2.20. The van der Waals surface area contributed by atoms with Crippen LogP contribution in [0.3, 0.4) is 0 Å². The largest absolute Gasteiger partial charge is 0.461 e. The molecule has 1 aromatic carbocycles. The Morgan fingerprint density at radius 2 is 1.03 bits per heavy atom. The average Bonchev–Trinajstić information content (AvgIpc) is 3.69. The summed E-state index contributed by atoms with van der Waals surface area (Å²) in [6.45, 7) is -0.172. The molecule has 0 aliphatic carbocycles. The molecule has 3 aromatic rings. The van der Waals surface area contributed by atoms with Crippen molar-refractivity contribution in [3.63, 3.8) is 0 Å². The first-order valence-electron chi connectivity index (χ1n) is 9.78. The van der Waals surface area contributed by atoms with Gasteiger partial charge in [-0.3, -0.25) is 37.9 Å². The summed E-state index contributed by atoms with van der Waals surface area (Å²) in [5.41, 5.74) is -3.13. The third-order valence-corrected chi connectivity index (χ3v) is 5.30. The molecule has 32 heavy (non-hydrogen) atoms. The van der Waals surface area contributed by atoms with Gasteiger partial charge in [0.25, 0.3) is 22.2 Å². The molecule has 12 nitrogen and oxygen atoms in total. The van der Waals surface area contributed by atoms with E-state index in [1.165, 1.54) is 0 Å². The molecular formula is C20H16N2O10. The Bertz CT molecular complexity index is 1280. The van der Waals surface area contributed by atoms with Crippen LogP contribution in [-0.2, 0) is 41.6 Å². The molecule has 166 valence electrons. The topological polar surface area (TPSA) is 156 Å². The van der Waals surface area contributed by atoms with Gasteiger partial charge in [0, 0.05) is 0 Å². The maximum Gasteiger partial charge on any atom is 0.326 e. The highest BCUT2D eigenvalue weighted by atomic mass is 16.6. The molecule has 2 aliphatic rings. The summed E-state index contributed by atoms with van der Waals surface area (Å²) in [6, 6.07) is 2.27. The maximum absolute atomic E-state index is 12.7. The first kappa shape index (κ1) is 20.3. The molecule has 4 heterocycles. The number of hydrogen-bond donors (Lipinski definition) is 0. The fourth-order valence-electron chi connectivity index (χ4n) is 3.41. The number of hydrogen-bond acceptors (Lipinski definition) is 10. The van der Waals surface area contributed by atoms with Crippen LogP contribution in [0.1, 0.15) is 0 Å². The number of nitrogens with zero attached hydrogens (tertiary/aromatic N) is 2. The van der Waals surface area contributed by atoms with Crippen molar-refractivity contribution in [3.8, 4) is 0 Å². The summed E-state index contributed by atoms with van der Waals surface area (Å²) in [5.74, 6) is -1.56. The summed E-state index contributed by atoms with van der Waals surface area (Å²) in [4.78, 5) is 74.6. The number of carbonyl (C=O) groups is 2. The van der Waals surface area contributed by atoms with Gasteiger partial charge in [0.05, 0.1) is 34.8 Å². The monoisotopic (exact) mass is 444 g/mol. The summed E-state index contributed by atoms with van der Waals surface area (Å²) < 4.78 is 21.1. The van der Waals surface area contributed by atoms with Gasteiger partial charge >= 0.3 is 11.9 Å². The highest BCUT2D eigenvalue weighted by Crippen LogP contribution is 2.15. The van der Waals surface area contributed by atoms with Gasteiger partial charge in [-0.1, -0.05) is 0 Å². The lowest BCUT2D eigenvalue weighted by Crippen LogP contribution is -2.31. The molecule has 2 saturated heterocycles. The van der Waals surface area contributed by atoms with Crippen LogP contribution in [0.2, 0.25) is 0 Å². The van der Waals surface area contributed by atoms with Gasteiger partial charge in [-0.2, -0.15) is 0 Å². The summed E-state index contributed by atoms with van der Waals surface area (Å²) in [6.07, 6.45) is -0.327. The Balaban J connectivity index is 1.47. The van der Waals surface area contributed by atoms with Gasteiger partial charge < -0.3 is 18.9 Å². The quantitative estimate of drug-likeness (QED) is 0.276. The van der Waals surface area contributed by atoms with Gasteiger partial charge in [0.15, 0.2) is 0 Å². The van der Waals surface area contributed by atoms with Gasteiger partial charge in [-0.05, 0) is 12.1 Å². The van der Waals surface area contributed by atoms with Gasteiger partial charge in [-0.25, -0.2) is 0 Å². The minimum atomic E-state index is -0.782. The van der Waals surface area contributed by atoms with Crippen molar-refractivity contribution in [1.29, 1.82) is 0 Å². The number of esters is 2. The maximum atomic E-state index is 12.7. The van der Waals surface area contributed by atoms with E-state index in [9.17, 15) is 28.8 Å². The Hall–Kier alpha value is -3.64. The van der Waals surface area contributed by atoms with E-state index in [0.717, 1.165) is 12.1 Å². The fraction of sp³-hybridized carbons (Fsp3) is 0.400. The SMILES string of the molecule is O=C(Cn1c(=O)c2cc3c(=O)n(CC(=O)OCC4CO4)c(=O)c3cc2c1=O)OCC1CO1. The molecule has 2 fully saturated rings. The first-order valence-corrected chi connectivity index (χ1v) is 9.78. The van der Waals surface area contributed by atoms with Crippen LogP contribution in [0.25, 0.3) is 21.5 Å². The lowest BCUT2D eigenvalue weighted by Gasteiger charge is -2.02. The minimum Gasteiger partial charge on any atom is -0.461 e. The zero-order valence-corrected chi connectivity index (χ0v) is 16.5. The van der Waals surface area contributed by atoms with Crippen molar-refractivity contribution < 1.29 is 28.5 Å². The van der Waals surface area contributed by atoms with E-state index in [4.69, 9.17) is 18.9 Å². The highest BCUT2D eigenvalue weighted by Gasteiger charge is 2.27. The highest BCUT2D eigenvalue weighted by molar-refractivity contribution is 5.98. The number of ether oxygens (including phenoxy) is 4. The van der Waals surface area contributed by atoms with E-state index in [2.05, 4.69) is 0 Å². The number of carbonyl (C=O) groups excluding carboxylic acids is 2. The van der Waals surface area contributed by atoms with Crippen LogP contribution in [-0.4, -0.2) is 59.7 Å². The summed E-state index contributed by atoms with van der Waals surface area (Å²) in [5, 5.41) is -0.431. The second kappa shape index (κ2) is 7.50. The summed E-state index contributed by atoms with van der Waals surface area (Å²) in [7, 11) is 0. The van der Waals surface area contributed by atoms with E-state index < -0.39 is 47.3 Å². The molecule has 2 unspecified atom stereocenters. The van der Waals surface area contributed by atoms with Gasteiger partial charge in [0.1, 0.15) is 38.5 Å². The Morgan fingerprint density at radius 1 is 0.719 bits per heavy atom. The second-order valence-electron chi connectivity index (χ2n) is 7.61. The van der Waals surface area contributed by atoms with Crippen molar-refractivity contribution in [1.82, 2.24) is 9.13 Å². The van der Waals surface area contributed by atoms with Crippen molar-refractivity contribution in [2.24, 2.45) is 0 Å². The van der Waals surface area contributed by atoms with Crippen LogP contribution in [0, 0.1) is 0 Å². The standard InChI is InChI=1S/C20H16N2O10/c23-15(31-7-9-5-29-9)3-21-17(25)11-1-12-14(2-13(11)19(21)27)20(28)22(18(12)26)4-16(24)32-8-10-6-30-10/h1-2,9-10H,3-8H2. The molecule has 0 amide bonds. The normalized spacial score (nSPS) is 19.4. The zero-order valence-electron chi connectivity index (χ0n) is 16.5. The number of aromatic nitrogens is 2. The number of benzene rings is 1. The first-order chi connectivity index (χ1) is 15.3. The number of fused-ring (bicyclic) bond motifs is 2. The summed E-state index contributed by atoms with van der Waals surface area (Å²) >= 11 is 0. The molecule has 12 heteroatoms. The van der Waals surface area contributed by atoms with E-state index in [0.29, 0.717) is 22.3 Å².